The van der Waals surface area contributed by atoms with Crippen molar-refractivity contribution >= 4 is 29.0 Å². The van der Waals surface area contributed by atoms with Crippen molar-refractivity contribution < 1.29 is 9.53 Å². The molecular formula is C17H19N5O2. The molecule has 0 aliphatic carbocycles. The van der Waals surface area contributed by atoms with Crippen LogP contribution in [0.25, 0.3) is 0 Å². The number of aliphatic imine (C=N–C) groups is 1. The summed E-state index contributed by atoms with van der Waals surface area (Å²) in [6, 6.07) is 11.5. The third-order valence-electron chi connectivity index (χ3n) is 3.60. The number of pyridine rings is 1. The molecule has 0 saturated carbocycles. The molecule has 1 amide bonds. The third kappa shape index (κ3) is 3.15. The Hall–Kier alpha value is -3.09. The van der Waals surface area contributed by atoms with Crippen LogP contribution in [-0.2, 0) is 0 Å². The van der Waals surface area contributed by atoms with Crippen LogP contribution in [0.2, 0.25) is 0 Å². The Balaban J connectivity index is 1.95. The van der Waals surface area contributed by atoms with E-state index in [0.717, 1.165) is 11.3 Å². The molecule has 0 fully saturated rings. The van der Waals surface area contributed by atoms with Crippen LogP contribution < -0.4 is 21.1 Å². The van der Waals surface area contributed by atoms with Crippen LogP contribution in [0.1, 0.15) is 19.4 Å². The zero-order valence-electron chi connectivity index (χ0n) is 13.5. The molecule has 3 rings (SSSR count). The van der Waals surface area contributed by atoms with Gasteiger partial charge in [-0.15, -0.1) is 0 Å². The molecule has 1 aliphatic rings. The lowest BCUT2D eigenvalue weighted by molar-refractivity contribution is 0.199. The molecule has 0 radical (unpaired) electrons. The highest BCUT2D eigenvalue weighted by molar-refractivity contribution is 6.10. The van der Waals surface area contributed by atoms with E-state index in [1.165, 1.54) is 0 Å². The summed E-state index contributed by atoms with van der Waals surface area (Å²) in [5, 5.41) is 5.87. The van der Waals surface area contributed by atoms with E-state index in [4.69, 9.17) is 10.5 Å². The number of nitrogen functional groups attached to an aromatic ring is 1. The molecule has 0 bridgehead atoms. The van der Waals surface area contributed by atoms with E-state index in [2.05, 4.69) is 20.6 Å². The number of fused-ring (bicyclic) bond motifs is 1. The summed E-state index contributed by atoms with van der Waals surface area (Å²) in [4.78, 5) is 20.3. The number of nitrogens with zero attached hydrogens (tertiary/aromatic N) is 2. The fourth-order valence-electron chi connectivity index (χ4n) is 2.53. The predicted molar refractivity (Wildman–Crippen MR) is 94.1 cm³/mol. The first-order valence-electron chi connectivity index (χ1n) is 7.75. The van der Waals surface area contributed by atoms with E-state index < -0.39 is 6.09 Å². The first-order chi connectivity index (χ1) is 11.6. The minimum Gasteiger partial charge on any atom is -0.391 e. The molecule has 0 spiro atoms. The second-order valence-corrected chi connectivity index (χ2v) is 5.39. The molecule has 4 N–H and O–H groups in total. The first kappa shape index (κ1) is 15.8. The lowest BCUT2D eigenvalue weighted by atomic mass is 10.0. The van der Waals surface area contributed by atoms with Crippen LogP contribution in [0.15, 0.2) is 41.4 Å². The number of ether oxygens (including phenoxy) is 1. The lowest BCUT2D eigenvalue weighted by Gasteiger charge is -2.25. The average molecular weight is 325 g/mol. The zero-order chi connectivity index (χ0) is 17.1. The van der Waals surface area contributed by atoms with Crippen molar-refractivity contribution in [3.63, 3.8) is 0 Å². The van der Waals surface area contributed by atoms with Crippen LogP contribution >= 0.6 is 0 Å². The van der Waals surface area contributed by atoms with Gasteiger partial charge in [-0.05, 0) is 19.4 Å². The number of carbonyl (C=O) groups excluding carboxylic acids is 1. The lowest BCUT2D eigenvalue weighted by Crippen LogP contribution is -2.30. The Bertz CT molecular complexity index is 789. The van der Waals surface area contributed by atoms with E-state index in [1.807, 2.05) is 37.3 Å². The second-order valence-electron chi connectivity index (χ2n) is 5.39. The van der Waals surface area contributed by atoms with E-state index >= 15 is 0 Å². The molecule has 1 aromatic heterocycles. The number of carbonyl (C=O) groups is 1. The van der Waals surface area contributed by atoms with Gasteiger partial charge in [-0.3, -0.25) is 0 Å². The topological polar surface area (TPSA) is 102 Å². The number of nitrogens with two attached hydrogens (primary N) is 1. The Morgan fingerprint density at radius 3 is 2.83 bits per heavy atom. The van der Waals surface area contributed by atoms with Gasteiger partial charge in [-0.2, -0.15) is 4.98 Å². The molecule has 2 heterocycles. The van der Waals surface area contributed by atoms with Crippen LogP contribution in [0.3, 0.4) is 0 Å². The summed E-state index contributed by atoms with van der Waals surface area (Å²) < 4.78 is 5.12. The minimum absolute atomic E-state index is 0.0148. The molecular weight excluding hydrogens is 306 g/mol. The Kier molecular flexibility index (Phi) is 4.33. The van der Waals surface area contributed by atoms with Gasteiger partial charge >= 0.3 is 6.09 Å². The molecule has 0 saturated heterocycles. The van der Waals surface area contributed by atoms with Crippen molar-refractivity contribution in [1.29, 1.82) is 0 Å². The number of amides is 1. The van der Waals surface area contributed by atoms with Crippen LogP contribution in [-0.4, -0.2) is 29.4 Å². The summed E-state index contributed by atoms with van der Waals surface area (Å²) in [5.41, 5.74) is 9.15. The Morgan fingerprint density at radius 2 is 2.12 bits per heavy atom. The number of rotatable bonds is 3. The number of nitrogens with one attached hydrogen (secondary N) is 2. The van der Waals surface area contributed by atoms with Crippen molar-refractivity contribution in [2.75, 3.05) is 17.6 Å². The molecule has 2 aromatic rings. The van der Waals surface area contributed by atoms with Gasteiger partial charge < -0.3 is 21.1 Å². The largest absolute Gasteiger partial charge is 0.413 e. The Morgan fingerprint density at radius 1 is 1.38 bits per heavy atom. The fraction of sp³-hybridized carbons (Fsp3) is 0.235. The van der Waals surface area contributed by atoms with E-state index in [-0.39, 0.29) is 17.7 Å². The SMILES string of the molecule is CCNC(=O)Oc1cc2c(c(N)n1)N=C(c1ccccc1)C(C)N2. The van der Waals surface area contributed by atoms with Crippen molar-refractivity contribution in [2.24, 2.45) is 4.99 Å². The smallest absolute Gasteiger partial charge is 0.391 e. The third-order valence-corrected chi connectivity index (χ3v) is 3.60. The van der Waals surface area contributed by atoms with Gasteiger partial charge in [0.1, 0.15) is 5.69 Å². The molecule has 24 heavy (non-hydrogen) atoms. The summed E-state index contributed by atoms with van der Waals surface area (Å²) in [6.45, 7) is 4.29. The predicted octanol–water partition coefficient (Wildman–Crippen LogP) is 2.71. The van der Waals surface area contributed by atoms with Gasteiger partial charge in [-0.1, -0.05) is 30.3 Å². The number of hydrogen-bond acceptors (Lipinski definition) is 6. The zero-order valence-corrected chi connectivity index (χ0v) is 13.5. The number of anilines is 2. The maximum absolute atomic E-state index is 11.5. The molecule has 7 nitrogen and oxygen atoms in total. The van der Waals surface area contributed by atoms with Crippen molar-refractivity contribution in [2.45, 2.75) is 19.9 Å². The minimum atomic E-state index is -0.568. The van der Waals surface area contributed by atoms with Crippen LogP contribution in [0.5, 0.6) is 5.88 Å². The molecule has 124 valence electrons. The number of aromatic nitrogens is 1. The van der Waals surface area contributed by atoms with Gasteiger partial charge in [-0.25, -0.2) is 9.79 Å². The summed E-state index contributed by atoms with van der Waals surface area (Å²) in [7, 11) is 0. The van der Waals surface area contributed by atoms with Gasteiger partial charge in [0.25, 0.3) is 0 Å². The van der Waals surface area contributed by atoms with Gasteiger partial charge in [0.15, 0.2) is 5.82 Å². The normalized spacial score (nSPS) is 15.8. The highest BCUT2D eigenvalue weighted by Gasteiger charge is 2.23. The van der Waals surface area contributed by atoms with Crippen LogP contribution in [0.4, 0.5) is 22.0 Å². The molecule has 1 aliphatic heterocycles. The summed E-state index contributed by atoms with van der Waals surface area (Å²) in [6.07, 6.45) is -0.568. The molecule has 1 aromatic carbocycles. The molecule has 7 heteroatoms. The summed E-state index contributed by atoms with van der Waals surface area (Å²) in [5.74, 6) is 0.342. The average Bonchev–Trinajstić information content (AvgIpc) is 2.55. The maximum atomic E-state index is 11.5. The van der Waals surface area contributed by atoms with E-state index in [9.17, 15) is 4.79 Å². The standard InChI is InChI=1S/C17H19N5O2/c1-3-19-17(23)24-13-9-12-15(16(18)21-13)22-14(10(2)20-12)11-7-5-4-6-8-11/h4-10,20H,3H2,1-2H3,(H2,18,21)(H,19,23). The molecule has 1 atom stereocenters. The van der Waals surface area contributed by atoms with Gasteiger partial charge in [0.05, 0.1) is 17.4 Å². The quantitative estimate of drug-likeness (QED) is 0.805. The monoisotopic (exact) mass is 325 g/mol. The maximum Gasteiger partial charge on any atom is 0.413 e. The molecule has 1 unspecified atom stereocenters. The second kappa shape index (κ2) is 6.57. The van der Waals surface area contributed by atoms with Crippen molar-refractivity contribution in [3.8, 4) is 5.88 Å². The van der Waals surface area contributed by atoms with Crippen molar-refractivity contribution in [3.05, 3.63) is 42.0 Å². The first-order valence-corrected chi connectivity index (χ1v) is 7.75. The summed E-state index contributed by atoms with van der Waals surface area (Å²) >= 11 is 0. The van der Waals surface area contributed by atoms with Crippen LogP contribution in [0, 0.1) is 0 Å². The van der Waals surface area contributed by atoms with E-state index in [1.54, 1.807) is 13.0 Å². The Labute approximate surface area is 140 Å². The van der Waals surface area contributed by atoms with E-state index in [0.29, 0.717) is 17.9 Å². The highest BCUT2D eigenvalue weighted by atomic mass is 16.6. The van der Waals surface area contributed by atoms with Gasteiger partial charge in [0, 0.05) is 12.6 Å². The fourth-order valence-corrected chi connectivity index (χ4v) is 2.53. The van der Waals surface area contributed by atoms with Gasteiger partial charge in [0.2, 0.25) is 5.88 Å². The number of hydrogen-bond donors (Lipinski definition) is 3. The number of benzene rings is 1. The highest BCUT2D eigenvalue weighted by Crippen LogP contribution is 2.37. The van der Waals surface area contributed by atoms with Crippen molar-refractivity contribution in [1.82, 2.24) is 10.3 Å².